The molecule has 7 nitrogen and oxygen atoms in total. The zero-order valence-electron chi connectivity index (χ0n) is 12.7. The van der Waals surface area contributed by atoms with Crippen LogP contribution in [0.1, 0.15) is 18.1 Å². The minimum Gasteiger partial charge on any atom is -0.323 e. The SMILES string of the molecule is CC(=NNc1nc2ccccc2[nH]1)c1ccc(C)c([N+](=O)[O-])c1. The number of nitrogens with one attached hydrogen (secondary N) is 2. The molecule has 0 atom stereocenters. The van der Waals surface area contributed by atoms with Crippen molar-refractivity contribution >= 4 is 28.4 Å². The number of aromatic nitrogens is 2. The Morgan fingerprint density at radius 1 is 1.30 bits per heavy atom. The van der Waals surface area contributed by atoms with Crippen LogP contribution in [0.3, 0.4) is 0 Å². The van der Waals surface area contributed by atoms with Gasteiger partial charge in [-0.05, 0) is 26.0 Å². The van der Waals surface area contributed by atoms with E-state index in [0.29, 0.717) is 22.8 Å². The lowest BCUT2D eigenvalue weighted by Gasteiger charge is -2.03. The van der Waals surface area contributed by atoms with Gasteiger partial charge >= 0.3 is 0 Å². The normalized spacial score (nSPS) is 11.7. The van der Waals surface area contributed by atoms with E-state index in [1.165, 1.54) is 6.07 Å². The van der Waals surface area contributed by atoms with E-state index in [1.54, 1.807) is 19.9 Å². The van der Waals surface area contributed by atoms with Crippen molar-refractivity contribution in [1.82, 2.24) is 9.97 Å². The fourth-order valence-electron chi connectivity index (χ4n) is 2.24. The van der Waals surface area contributed by atoms with Crippen LogP contribution in [0.25, 0.3) is 11.0 Å². The average Bonchev–Trinajstić information content (AvgIpc) is 2.95. The number of nitro groups is 1. The van der Waals surface area contributed by atoms with E-state index in [0.717, 1.165) is 11.0 Å². The largest absolute Gasteiger partial charge is 0.323 e. The fraction of sp³-hybridized carbons (Fsp3) is 0.125. The van der Waals surface area contributed by atoms with Crippen LogP contribution in [-0.4, -0.2) is 20.6 Å². The number of benzene rings is 2. The Morgan fingerprint density at radius 3 is 2.83 bits per heavy atom. The molecule has 0 aliphatic heterocycles. The number of hydrogen-bond acceptors (Lipinski definition) is 5. The smallest absolute Gasteiger partial charge is 0.272 e. The third-order valence-electron chi connectivity index (χ3n) is 3.54. The molecule has 7 heteroatoms. The van der Waals surface area contributed by atoms with Crippen LogP contribution >= 0.6 is 0 Å². The molecule has 23 heavy (non-hydrogen) atoms. The first-order chi connectivity index (χ1) is 11.0. The molecule has 0 radical (unpaired) electrons. The number of imidazole rings is 1. The Morgan fingerprint density at radius 2 is 2.09 bits per heavy atom. The van der Waals surface area contributed by atoms with Crippen molar-refractivity contribution in [3.63, 3.8) is 0 Å². The van der Waals surface area contributed by atoms with Gasteiger partial charge in [0.05, 0.1) is 21.7 Å². The lowest BCUT2D eigenvalue weighted by molar-refractivity contribution is -0.385. The summed E-state index contributed by atoms with van der Waals surface area (Å²) in [5, 5.41) is 15.3. The van der Waals surface area contributed by atoms with E-state index >= 15 is 0 Å². The summed E-state index contributed by atoms with van der Waals surface area (Å²) in [5.41, 5.74) is 6.62. The molecule has 0 saturated heterocycles. The van der Waals surface area contributed by atoms with Crippen molar-refractivity contribution in [3.8, 4) is 0 Å². The molecule has 0 unspecified atom stereocenters. The van der Waals surface area contributed by atoms with Crippen molar-refractivity contribution in [2.45, 2.75) is 13.8 Å². The molecule has 1 aromatic heterocycles. The van der Waals surface area contributed by atoms with Gasteiger partial charge in [0, 0.05) is 17.2 Å². The van der Waals surface area contributed by atoms with Gasteiger partial charge in [-0.1, -0.05) is 24.3 Å². The number of nitro benzene ring substituents is 1. The lowest BCUT2D eigenvalue weighted by atomic mass is 10.1. The standard InChI is InChI=1S/C16H15N5O2/c1-10-7-8-12(9-15(10)21(22)23)11(2)19-20-16-17-13-5-3-4-6-14(13)18-16/h3-9H,1-2H3,(H2,17,18,20). The second-order valence-corrected chi connectivity index (χ2v) is 5.17. The topological polar surface area (TPSA) is 96.2 Å². The van der Waals surface area contributed by atoms with Crippen LogP contribution in [0.2, 0.25) is 0 Å². The van der Waals surface area contributed by atoms with Crippen molar-refractivity contribution in [2.75, 3.05) is 5.43 Å². The van der Waals surface area contributed by atoms with Gasteiger partial charge in [0.25, 0.3) is 5.69 Å². The van der Waals surface area contributed by atoms with E-state index in [9.17, 15) is 10.1 Å². The number of fused-ring (bicyclic) bond motifs is 1. The Hall–Kier alpha value is -3.22. The van der Waals surface area contributed by atoms with Crippen molar-refractivity contribution < 1.29 is 4.92 Å². The van der Waals surface area contributed by atoms with E-state index < -0.39 is 4.92 Å². The lowest BCUT2D eigenvalue weighted by Crippen LogP contribution is -2.02. The molecule has 0 spiro atoms. The minimum atomic E-state index is -0.390. The minimum absolute atomic E-state index is 0.0841. The second kappa shape index (κ2) is 5.88. The molecule has 3 aromatic rings. The van der Waals surface area contributed by atoms with Crippen molar-refractivity contribution in [1.29, 1.82) is 0 Å². The summed E-state index contributed by atoms with van der Waals surface area (Å²) in [6, 6.07) is 12.7. The molecule has 1 heterocycles. The van der Waals surface area contributed by atoms with Crippen LogP contribution in [0.5, 0.6) is 0 Å². The Bertz CT molecular complexity index is 881. The van der Waals surface area contributed by atoms with Gasteiger partial charge in [-0.25, -0.2) is 10.4 Å². The number of hydrazone groups is 1. The van der Waals surface area contributed by atoms with Gasteiger partial charge < -0.3 is 4.98 Å². The highest BCUT2D eigenvalue weighted by Crippen LogP contribution is 2.20. The first-order valence-electron chi connectivity index (χ1n) is 7.05. The number of aromatic amines is 1. The van der Waals surface area contributed by atoms with E-state index in [2.05, 4.69) is 20.5 Å². The molecule has 0 aliphatic carbocycles. The highest BCUT2D eigenvalue weighted by molar-refractivity contribution is 5.99. The predicted molar refractivity (Wildman–Crippen MR) is 89.8 cm³/mol. The monoisotopic (exact) mass is 309 g/mol. The summed E-state index contributed by atoms with van der Waals surface area (Å²) >= 11 is 0. The molecule has 0 aliphatic rings. The van der Waals surface area contributed by atoms with Crippen molar-refractivity contribution in [3.05, 3.63) is 63.7 Å². The average molecular weight is 309 g/mol. The number of anilines is 1. The molecule has 2 aromatic carbocycles. The maximum atomic E-state index is 11.0. The van der Waals surface area contributed by atoms with Crippen molar-refractivity contribution in [2.24, 2.45) is 5.10 Å². The summed E-state index contributed by atoms with van der Waals surface area (Å²) in [6.07, 6.45) is 0. The maximum Gasteiger partial charge on any atom is 0.272 e. The van der Waals surface area contributed by atoms with Crippen LogP contribution < -0.4 is 5.43 Å². The number of para-hydroxylation sites is 2. The van der Waals surface area contributed by atoms with E-state index in [4.69, 9.17) is 0 Å². The molecule has 0 amide bonds. The van der Waals surface area contributed by atoms with Gasteiger partial charge in [-0.3, -0.25) is 10.1 Å². The zero-order chi connectivity index (χ0) is 16.4. The third kappa shape index (κ3) is 3.03. The van der Waals surface area contributed by atoms with Crippen LogP contribution in [0, 0.1) is 17.0 Å². The number of rotatable bonds is 4. The van der Waals surface area contributed by atoms with E-state index in [1.807, 2.05) is 30.3 Å². The number of hydrogen-bond donors (Lipinski definition) is 2. The van der Waals surface area contributed by atoms with Gasteiger partial charge in [0.2, 0.25) is 5.95 Å². The van der Waals surface area contributed by atoms with Gasteiger partial charge in [0.1, 0.15) is 0 Å². The zero-order valence-corrected chi connectivity index (χ0v) is 12.7. The molecule has 3 rings (SSSR count). The fourth-order valence-corrected chi connectivity index (χ4v) is 2.24. The molecule has 2 N–H and O–H groups in total. The molecule has 0 bridgehead atoms. The first-order valence-corrected chi connectivity index (χ1v) is 7.05. The summed E-state index contributed by atoms with van der Waals surface area (Å²) in [5.74, 6) is 0.521. The van der Waals surface area contributed by atoms with Crippen LogP contribution in [0.4, 0.5) is 11.6 Å². The summed E-state index contributed by atoms with van der Waals surface area (Å²) in [4.78, 5) is 18.1. The van der Waals surface area contributed by atoms with Gasteiger partial charge in [-0.15, -0.1) is 0 Å². The first kappa shape index (κ1) is 14.7. The second-order valence-electron chi connectivity index (χ2n) is 5.17. The number of nitrogens with zero attached hydrogens (tertiary/aromatic N) is 3. The molecule has 116 valence electrons. The third-order valence-corrected chi connectivity index (χ3v) is 3.54. The van der Waals surface area contributed by atoms with Crippen LogP contribution in [-0.2, 0) is 0 Å². The predicted octanol–water partition coefficient (Wildman–Crippen LogP) is 3.62. The number of H-pyrrole nitrogens is 1. The number of aryl methyl sites for hydroxylation is 1. The molecular weight excluding hydrogens is 294 g/mol. The van der Waals surface area contributed by atoms with Gasteiger partial charge in [-0.2, -0.15) is 5.10 Å². The van der Waals surface area contributed by atoms with Crippen LogP contribution in [0.15, 0.2) is 47.6 Å². The highest BCUT2D eigenvalue weighted by atomic mass is 16.6. The molecule has 0 fully saturated rings. The molecular formula is C16H15N5O2. The highest BCUT2D eigenvalue weighted by Gasteiger charge is 2.12. The van der Waals surface area contributed by atoms with Gasteiger partial charge in [0.15, 0.2) is 0 Å². The Kier molecular flexibility index (Phi) is 3.76. The molecule has 0 saturated carbocycles. The Labute approximate surface area is 132 Å². The Balaban J connectivity index is 1.84. The summed E-state index contributed by atoms with van der Waals surface area (Å²) < 4.78 is 0. The summed E-state index contributed by atoms with van der Waals surface area (Å²) in [7, 11) is 0. The summed E-state index contributed by atoms with van der Waals surface area (Å²) in [6.45, 7) is 3.49. The quantitative estimate of drug-likeness (QED) is 0.437. The maximum absolute atomic E-state index is 11.0. The van der Waals surface area contributed by atoms with E-state index in [-0.39, 0.29) is 5.69 Å².